The molecule has 3 aromatic rings. The molecule has 0 N–H and O–H groups in total. The van der Waals surface area contributed by atoms with Crippen molar-refractivity contribution >= 4 is 0 Å². The number of hydrogen-bond acceptors (Lipinski definition) is 0. The summed E-state index contributed by atoms with van der Waals surface area (Å²) in [5, 5.41) is 0. The minimum Gasteiger partial charge on any atom is -0.237 e. The van der Waals surface area contributed by atoms with Crippen LogP contribution in [0.4, 0.5) is 0 Å². The molecule has 0 aliphatic carbocycles. The van der Waals surface area contributed by atoms with Gasteiger partial charge in [0.2, 0.25) is 6.33 Å². The summed E-state index contributed by atoms with van der Waals surface area (Å²) in [6.45, 7) is 8.24. The second-order valence-electron chi connectivity index (χ2n) is 13.2. The fourth-order valence-corrected chi connectivity index (χ4v) is 6.85. The molecule has 2 aromatic carbocycles. The van der Waals surface area contributed by atoms with Crippen LogP contribution in [0.5, 0.6) is 0 Å². The van der Waals surface area contributed by atoms with Gasteiger partial charge >= 0.3 is 0 Å². The van der Waals surface area contributed by atoms with Crippen molar-refractivity contribution in [3.8, 4) is 0 Å². The Labute approximate surface area is 260 Å². The van der Waals surface area contributed by atoms with E-state index in [4.69, 9.17) is 0 Å². The number of rotatable bonds is 24. The summed E-state index contributed by atoms with van der Waals surface area (Å²) in [4.78, 5) is 0. The normalized spacial score (nSPS) is 13.7. The van der Waals surface area contributed by atoms with E-state index in [0.717, 1.165) is 13.0 Å². The number of nitrogens with zero attached hydrogens (tertiary/aromatic N) is 2. The summed E-state index contributed by atoms with van der Waals surface area (Å²) in [5.41, 5.74) is 2.90. The van der Waals surface area contributed by atoms with Crippen LogP contribution in [0, 0.1) is 0 Å². The van der Waals surface area contributed by atoms with Gasteiger partial charge < -0.3 is 0 Å². The molecule has 2 atom stereocenters. The molecule has 0 amide bonds. The average molecular weight is 572 g/mol. The van der Waals surface area contributed by atoms with E-state index in [1.165, 1.54) is 127 Å². The molecule has 0 aliphatic rings. The van der Waals surface area contributed by atoms with Gasteiger partial charge in [-0.2, -0.15) is 0 Å². The van der Waals surface area contributed by atoms with Crippen molar-refractivity contribution in [3.05, 3.63) is 90.5 Å². The third-order valence-electron chi connectivity index (χ3n) is 9.51. The van der Waals surface area contributed by atoms with E-state index in [0.29, 0.717) is 6.04 Å². The van der Waals surface area contributed by atoms with Crippen molar-refractivity contribution in [2.75, 3.05) is 0 Å². The molecule has 0 radical (unpaired) electrons. The molecule has 0 bridgehead atoms. The molecule has 1 aromatic heterocycles. The standard InChI is InChI=1S/C40H63N2/c1-4-6-8-10-11-12-13-14-15-16-17-18-25-31-39(42-34-33-41(36-42)32-26-9-7-5-2)40(3,38-29-23-20-24-30-38)35-37-27-21-19-22-28-37/h19-24,27-30,33-34,36,39H,4-18,25-26,31-32,35H2,1-3H3/q+1. The fraction of sp³-hybridized carbons (Fsp3) is 0.625. The smallest absolute Gasteiger partial charge is 0.237 e. The van der Waals surface area contributed by atoms with E-state index in [1.807, 2.05) is 0 Å². The predicted octanol–water partition coefficient (Wildman–Crippen LogP) is 11.6. The summed E-state index contributed by atoms with van der Waals surface area (Å²) >= 11 is 0. The van der Waals surface area contributed by atoms with Crippen LogP contribution in [-0.2, 0) is 18.4 Å². The van der Waals surface area contributed by atoms with Crippen molar-refractivity contribution in [2.24, 2.45) is 0 Å². The maximum Gasteiger partial charge on any atom is 0.244 e. The van der Waals surface area contributed by atoms with Gasteiger partial charge in [-0.3, -0.25) is 0 Å². The third-order valence-corrected chi connectivity index (χ3v) is 9.51. The summed E-state index contributed by atoms with van der Waals surface area (Å²) in [6.07, 6.45) is 32.9. The number of hydrogen-bond donors (Lipinski definition) is 0. The quantitative estimate of drug-likeness (QED) is 0.0747. The molecule has 232 valence electrons. The van der Waals surface area contributed by atoms with Gasteiger partial charge in [-0.15, -0.1) is 0 Å². The first kappa shape index (κ1) is 34.1. The lowest BCUT2D eigenvalue weighted by Crippen LogP contribution is -2.38. The van der Waals surface area contributed by atoms with Crippen LogP contribution in [0.25, 0.3) is 0 Å². The van der Waals surface area contributed by atoms with E-state index in [9.17, 15) is 0 Å². The summed E-state index contributed by atoms with van der Waals surface area (Å²) in [6, 6.07) is 22.9. The number of imidazole rings is 1. The molecule has 0 fully saturated rings. The largest absolute Gasteiger partial charge is 0.244 e. The molecular weight excluding hydrogens is 508 g/mol. The Balaban J connectivity index is 1.62. The molecule has 2 nitrogen and oxygen atoms in total. The number of aromatic nitrogens is 2. The Hall–Kier alpha value is -2.35. The SMILES string of the molecule is CCCCCCCCCCCCCCCC(n1cc[n+](CCCCCC)c1)C(C)(Cc1ccccc1)c1ccccc1. The molecule has 0 saturated heterocycles. The van der Waals surface area contributed by atoms with Gasteiger partial charge in [0.05, 0.1) is 6.54 Å². The van der Waals surface area contributed by atoms with Gasteiger partial charge in [-0.25, -0.2) is 9.13 Å². The highest BCUT2D eigenvalue weighted by Gasteiger charge is 2.40. The van der Waals surface area contributed by atoms with Crippen LogP contribution in [-0.4, -0.2) is 4.57 Å². The van der Waals surface area contributed by atoms with Crippen molar-refractivity contribution < 1.29 is 4.57 Å². The minimum atomic E-state index is 0.0127. The Bertz CT molecular complexity index is 1040. The van der Waals surface area contributed by atoms with Gasteiger partial charge in [0, 0.05) is 5.41 Å². The summed E-state index contributed by atoms with van der Waals surface area (Å²) in [7, 11) is 0. The lowest BCUT2D eigenvalue weighted by molar-refractivity contribution is -0.697. The van der Waals surface area contributed by atoms with E-state index >= 15 is 0 Å². The first-order valence-electron chi connectivity index (χ1n) is 17.8. The molecule has 2 heteroatoms. The molecule has 0 aliphatic heterocycles. The topological polar surface area (TPSA) is 8.81 Å². The predicted molar refractivity (Wildman–Crippen MR) is 182 cm³/mol. The van der Waals surface area contributed by atoms with Crippen molar-refractivity contribution in [1.29, 1.82) is 0 Å². The second-order valence-corrected chi connectivity index (χ2v) is 13.2. The van der Waals surface area contributed by atoms with Gasteiger partial charge in [0.1, 0.15) is 18.4 Å². The summed E-state index contributed by atoms with van der Waals surface area (Å²) in [5.74, 6) is 0. The average Bonchev–Trinajstić information content (AvgIpc) is 3.48. The zero-order valence-electron chi connectivity index (χ0n) is 27.6. The van der Waals surface area contributed by atoms with Crippen LogP contribution in [0.1, 0.15) is 154 Å². The molecule has 42 heavy (non-hydrogen) atoms. The maximum absolute atomic E-state index is 2.57. The minimum absolute atomic E-state index is 0.0127. The van der Waals surface area contributed by atoms with E-state index < -0.39 is 0 Å². The monoisotopic (exact) mass is 571 g/mol. The highest BCUT2D eigenvalue weighted by Crippen LogP contribution is 2.41. The van der Waals surface area contributed by atoms with Crippen molar-refractivity contribution in [3.63, 3.8) is 0 Å². The Kier molecular flexibility index (Phi) is 16.7. The molecule has 3 rings (SSSR count). The lowest BCUT2D eigenvalue weighted by atomic mass is 9.70. The number of benzene rings is 2. The van der Waals surface area contributed by atoms with Gasteiger partial charge in [-0.1, -0.05) is 171 Å². The van der Waals surface area contributed by atoms with Gasteiger partial charge in [-0.05, 0) is 43.2 Å². The maximum atomic E-state index is 2.57. The van der Waals surface area contributed by atoms with Crippen LogP contribution in [0.15, 0.2) is 79.4 Å². The molecule has 1 heterocycles. The highest BCUT2D eigenvalue weighted by molar-refractivity contribution is 5.30. The molecule has 0 saturated carbocycles. The lowest BCUT2D eigenvalue weighted by Gasteiger charge is -2.37. The number of aryl methyl sites for hydroxylation is 1. The first-order valence-corrected chi connectivity index (χ1v) is 17.8. The zero-order valence-corrected chi connectivity index (χ0v) is 27.6. The van der Waals surface area contributed by atoms with Crippen molar-refractivity contribution in [1.82, 2.24) is 4.57 Å². The van der Waals surface area contributed by atoms with E-state index in [1.54, 1.807) is 0 Å². The van der Waals surface area contributed by atoms with Crippen LogP contribution in [0.2, 0.25) is 0 Å². The van der Waals surface area contributed by atoms with Gasteiger partial charge in [0.15, 0.2) is 0 Å². The Morgan fingerprint density at radius 3 is 1.69 bits per heavy atom. The molecule has 0 spiro atoms. The zero-order chi connectivity index (χ0) is 29.7. The molecular formula is C40H63N2+. The van der Waals surface area contributed by atoms with Crippen LogP contribution >= 0.6 is 0 Å². The number of unbranched alkanes of at least 4 members (excludes halogenated alkanes) is 15. The fourth-order valence-electron chi connectivity index (χ4n) is 6.85. The Morgan fingerprint density at radius 2 is 1.12 bits per heavy atom. The third kappa shape index (κ3) is 12.1. The van der Waals surface area contributed by atoms with Crippen LogP contribution in [0.3, 0.4) is 0 Å². The highest BCUT2D eigenvalue weighted by atomic mass is 15.1. The second kappa shape index (κ2) is 20.5. The van der Waals surface area contributed by atoms with E-state index in [2.05, 4.69) is 109 Å². The molecule has 2 unspecified atom stereocenters. The van der Waals surface area contributed by atoms with Gasteiger partial charge in [0.25, 0.3) is 0 Å². The van der Waals surface area contributed by atoms with Crippen molar-refractivity contribution in [2.45, 2.75) is 161 Å². The summed E-state index contributed by atoms with van der Waals surface area (Å²) < 4.78 is 5.00. The van der Waals surface area contributed by atoms with E-state index in [-0.39, 0.29) is 5.41 Å². The van der Waals surface area contributed by atoms with Crippen LogP contribution < -0.4 is 4.57 Å². The first-order chi connectivity index (χ1) is 20.7. The Morgan fingerprint density at radius 1 is 0.619 bits per heavy atom.